The number of aromatic nitrogens is 5. The average molecular weight is 460 g/mol. The van der Waals surface area contributed by atoms with E-state index < -0.39 is 0 Å². The standard InChI is InChI=1S/C17H15FN8.3ClH/c18-10-5-2-1-4-9(10)8-12-23-14(11-6-3-7-22-26(11)12)17-24-15(20)13(19)16(21)25-17;;;/h1-7H,8,19H2,(H4,20,21,24,25);3*1H. The van der Waals surface area contributed by atoms with E-state index in [4.69, 9.17) is 17.2 Å². The molecule has 0 radical (unpaired) electrons. The van der Waals surface area contributed by atoms with Gasteiger partial charge in [-0.1, -0.05) is 18.2 Å². The fourth-order valence-corrected chi connectivity index (χ4v) is 2.69. The van der Waals surface area contributed by atoms with Crippen LogP contribution in [0.15, 0.2) is 42.6 Å². The molecule has 3 heterocycles. The fraction of sp³-hybridized carbons (Fsp3) is 0.0588. The van der Waals surface area contributed by atoms with Crippen LogP contribution in [0.2, 0.25) is 0 Å². The summed E-state index contributed by atoms with van der Waals surface area (Å²) in [4.78, 5) is 12.9. The molecule has 3 aromatic heterocycles. The molecule has 0 spiro atoms. The van der Waals surface area contributed by atoms with Gasteiger partial charge in [0.1, 0.15) is 23.0 Å². The molecule has 29 heavy (non-hydrogen) atoms. The van der Waals surface area contributed by atoms with Crippen molar-refractivity contribution in [3.05, 3.63) is 59.8 Å². The lowest BCUT2D eigenvalue weighted by atomic mass is 10.1. The van der Waals surface area contributed by atoms with Crippen LogP contribution in [0.25, 0.3) is 17.0 Å². The molecule has 0 aliphatic heterocycles. The van der Waals surface area contributed by atoms with Crippen molar-refractivity contribution in [3.63, 3.8) is 0 Å². The molecule has 12 heteroatoms. The molecule has 4 rings (SSSR count). The first-order valence-electron chi connectivity index (χ1n) is 7.79. The predicted octanol–water partition coefficient (Wildman–Crippen LogP) is 2.93. The third kappa shape index (κ3) is 4.42. The molecule has 0 saturated heterocycles. The number of hydrogen-bond donors (Lipinski definition) is 3. The Labute approximate surface area is 184 Å². The van der Waals surface area contributed by atoms with Crippen molar-refractivity contribution in [2.45, 2.75) is 6.42 Å². The van der Waals surface area contributed by atoms with E-state index in [1.54, 1.807) is 35.0 Å². The highest BCUT2D eigenvalue weighted by Crippen LogP contribution is 2.27. The summed E-state index contributed by atoms with van der Waals surface area (Å²) in [6, 6.07) is 10.1. The van der Waals surface area contributed by atoms with Gasteiger partial charge in [-0.25, -0.2) is 23.9 Å². The maximum absolute atomic E-state index is 14.0. The first kappa shape index (κ1) is 24.2. The number of halogens is 4. The van der Waals surface area contributed by atoms with Crippen molar-refractivity contribution in [2.75, 3.05) is 17.2 Å². The Morgan fingerprint density at radius 2 is 1.52 bits per heavy atom. The van der Waals surface area contributed by atoms with Crippen molar-refractivity contribution >= 4 is 60.1 Å². The first-order valence-corrected chi connectivity index (χ1v) is 7.79. The number of imidazole rings is 1. The van der Waals surface area contributed by atoms with E-state index in [0.717, 1.165) is 0 Å². The maximum Gasteiger partial charge on any atom is 0.184 e. The van der Waals surface area contributed by atoms with Crippen molar-refractivity contribution in [1.29, 1.82) is 0 Å². The van der Waals surface area contributed by atoms with Gasteiger partial charge in [0.05, 0.1) is 5.52 Å². The zero-order valence-corrected chi connectivity index (χ0v) is 17.3. The summed E-state index contributed by atoms with van der Waals surface area (Å²) in [5.74, 6) is 0.623. The molecule has 154 valence electrons. The van der Waals surface area contributed by atoms with Gasteiger partial charge in [-0.15, -0.1) is 37.2 Å². The van der Waals surface area contributed by atoms with Crippen LogP contribution in [0.5, 0.6) is 0 Å². The summed E-state index contributed by atoms with van der Waals surface area (Å²) in [7, 11) is 0. The quantitative estimate of drug-likeness (QED) is 0.429. The second kappa shape index (κ2) is 9.55. The largest absolute Gasteiger partial charge is 0.393 e. The topological polar surface area (TPSA) is 134 Å². The zero-order chi connectivity index (χ0) is 18.3. The second-order valence-electron chi connectivity index (χ2n) is 5.70. The lowest BCUT2D eigenvalue weighted by Gasteiger charge is -2.04. The third-order valence-electron chi connectivity index (χ3n) is 4.00. The van der Waals surface area contributed by atoms with Crippen LogP contribution in [0.4, 0.5) is 21.7 Å². The highest BCUT2D eigenvalue weighted by Gasteiger charge is 2.18. The van der Waals surface area contributed by atoms with E-state index in [1.165, 1.54) is 6.07 Å². The SMILES string of the molecule is Cl.Cl.Cl.Nc1nc(-c2nc(Cc3ccccc3F)n3ncccc23)nc(N)c1N. The van der Waals surface area contributed by atoms with Crippen LogP contribution < -0.4 is 17.2 Å². The van der Waals surface area contributed by atoms with Crippen LogP contribution in [0, 0.1) is 5.82 Å². The van der Waals surface area contributed by atoms with Gasteiger partial charge >= 0.3 is 0 Å². The van der Waals surface area contributed by atoms with E-state index in [1.807, 2.05) is 6.07 Å². The molecule has 0 aliphatic carbocycles. The monoisotopic (exact) mass is 458 g/mol. The summed E-state index contributed by atoms with van der Waals surface area (Å²) in [5.41, 5.74) is 19.0. The van der Waals surface area contributed by atoms with Gasteiger partial charge < -0.3 is 17.2 Å². The molecule has 8 nitrogen and oxygen atoms in total. The van der Waals surface area contributed by atoms with Gasteiger partial charge in [0.15, 0.2) is 17.5 Å². The van der Waals surface area contributed by atoms with Crippen molar-refractivity contribution in [3.8, 4) is 11.5 Å². The molecule has 0 fully saturated rings. The average Bonchev–Trinajstić information content (AvgIpc) is 3.00. The summed E-state index contributed by atoms with van der Waals surface area (Å²) in [5, 5.41) is 4.30. The van der Waals surface area contributed by atoms with Gasteiger partial charge in [-0.3, -0.25) is 0 Å². The number of rotatable bonds is 3. The minimum absolute atomic E-state index is 0. The van der Waals surface area contributed by atoms with Gasteiger partial charge in [-0.2, -0.15) is 5.10 Å². The van der Waals surface area contributed by atoms with E-state index in [9.17, 15) is 4.39 Å². The molecule has 0 atom stereocenters. The molecular formula is C17H18Cl3FN8. The van der Waals surface area contributed by atoms with Crippen molar-refractivity contribution in [2.24, 2.45) is 0 Å². The van der Waals surface area contributed by atoms with Gasteiger partial charge in [0.2, 0.25) is 0 Å². The molecule has 0 aliphatic rings. The minimum Gasteiger partial charge on any atom is -0.393 e. The van der Waals surface area contributed by atoms with Crippen LogP contribution >= 0.6 is 37.2 Å². The molecule has 6 N–H and O–H groups in total. The molecule has 0 saturated carbocycles. The molecular weight excluding hydrogens is 442 g/mol. The number of nitrogens with two attached hydrogens (primary N) is 3. The fourth-order valence-electron chi connectivity index (χ4n) is 2.69. The molecule has 0 bridgehead atoms. The normalized spacial score (nSPS) is 9.97. The van der Waals surface area contributed by atoms with Crippen LogP contribution in [0.3, 0.4) is 0 Å². The molecule has 0 amide bonds. The number of anilines is 3. The number of fused-ring (bicyclic) bond motifs is 1. The molecule has 0 unspecified atom stereocenters. The van der Waals surface area contributed by atoms with Crippen molar-refractivity contribution in [1.82, 2.24) is 24.6 Å². The zero-order valence-electron chi connectivity index (χ0n) is 14.8. The van der Waals surface area contributed by atoms with E-state index in [0.29, 0.717) is 22.6 Å². The Balaban J connectivity index is 0.00000140. The van der Waals surface area contributed by atoms with Gasteiger partial charge in [-0.05, 0) is 23.8 Å². The lowest BCUT2D eigenvalue weighted by Crippen LogP contribution is -2.06. The Bertz CT molecular complexity index is 1110. The Kier molecular flexibility index (Phi) is 7.96. The number of benzene rings is 1. The van der Waals surface area contributed by atoms with Gasteiger partial charge in [0.25, 0.3) is 0 Å². The summed E-state index contributed by atoms with van der Waals surface area (Å²) >= 11 is 0. The number of nitrogens with zero attached hydrogens (tertiary/aromatic N) is 5. The smallest absolute Gasteiger partial charge is 0.184 e. The first-order chi connectivity index (χ1) is 12.5. The van der Waals surface area contributed by atoms with E-state index in [-0.39, 0.29) is 72.6 Å². The van der Waals surface area contributed by atoms with Crippen LogP contribution in [0.1, 0.15) is 11.4 Å². The second-order valence-corrected chi connectivity index (χ2v) is 5.70. The third-order valence-corrected chi connectivity index (χ3v) is 4.00. The maximum atomic E-state index is 14.0. The van der Waals surface area contributed by atoms with Crippen LogP contribution in [-0.2, 0) is 6.42 Å². The highest BCUT2D eigenvalue weighted by molar-refractivity contribution is 5.86. The Morgan fingerprint density at radius 3 is 2.17 bits per heavy atom. The number of nitrogen functional groups attached to an aromatic ring is 3. The Hall–Kier alpha value is -2.88. The molecule has 1 aromatic carbocycles. The summed E-state index contributed by atoms with van der Waals surface area (Å²) in [6.07, 6.45) is 1.88. The highest BCUT2D eigenvalue weighted by atomic mass is 35.5. The van der Waals surface area contributed by atoms with Crippen LogP contribution in [-0.4, -0.2) is 24.6 Å². The van der Waals surface area contributed by atoms with Crippen molar-refractivity contribution < 1.29 is 4.39 Å². The summed E-state index contributed by atoms with van der Waals surface area (Å²) in [6.45, 7) is 0. The van der Waals surface area contributed by atoms with E-state index >= 15 is 0 Å². The van der Waals surface area contributed by atoms with Gasteiger partial charge in [0, 0.05) is 12.6 Å². The van der Waals surface area contributed by atoms with E-state index in [2.05, 4.69) is 20.1 Å². The Morgan fingerprint density at radius 1 is 0.862 bits per heavy atom. The number of hydrogen-bond acceptors (Lipinski definition) is 7. The summed E-state index contributed by atoms with van der Waals surface area (Å²) < 4.78 is 15.6. The minimum atomic E-state index is -0.307. The predicted molar refractivity (Wildman–Crippen MR) is 118 cm³/mol. The molecule has 4 aromatic rings. The lowest BCUT2D eigenvalue weighted by molar-refractivity contribution is 0.611.